The molecule has 76 valence electrons. The predicted molar refractivity (Wildman–Crippen MR) is 61.9 cm³/mol. The summed E-state index contributed by atoms with van der Waals surface area (Å²) < 4.78 is 14.1. The fourth-order valence-electron chi connectivity index (χ4n) is 1.21. The number of rotatable bonds is 2. The largest absolute Gasteiger partial charge is 0.288 e. The van der Waals surface area contributed by atoms with E-state index in [1.807, 2.05) is 0 Å². The maximum atomic E-state index is 13.4. The zero-order valence-corrected chi connectivity index (χ0v) is 9.94. The van der Waals surface area contributed by atoms with Crippen molar-refractivity contribution in [3.8, 4) is 0 Å². The van der Waals surface area contributed by atoms with Crippen molar-refractivity contribution in [3.05, 3.63) is 56.4 Å². The highest BCUT2D eigenvalue weighted by Crippen LogP contribution is 2.20. The van der Waals surface area contributed by atoms with E-state index < -0.39 is 5.82 Å². The first-order chi connectivity index (χ1) is 7.18. The average Bonchev–Trinajstić information content (AvgIpc) is 2.69. The van der Waals surface area contributed by atoms with E-state index in [9.17, 15) is 9.18 Å². The molecule has 1 nitrogen and oxygen atoms in total. The van der Waals surface area contributed by atoms with Gasteiger partial charge in [-0.25, -0.2) is 4.39 Å². The van der Waals surface area contributed by atoms with Crippen molar-refractivity contribution in [1.82, 2.24) is 0 Å². The fourth-order valence-corrected chi connectivity index (χ4v) is 2.23. The molecule has 0 N–H and O–H groups in total. The molecule has 0 aliphatic heterocycles. The van der Waals surface area contributed by atoms with E-state index in [-0.39, 0.29) is 11.3 Å². The van der Waals surface area contributed by atoms with Crippen molar-refractivity contribution in [2.24, 2.45) is 0 Å². The van der Waals surface area contributed by atoms with Crippen molar-refractivity contribution in [2.45, 2.75) is 0 Å². The summed E-state index contributed by atoms with van der Waals surface area (Å²) in [6, 6.07) is 7.90. The van der Waals surface area contributed by atoms with Gasteiger partial charge in [0.2, 0.25) is 5.78 Å². The van der Waals surface area contributed by atoms with E-state index in [1.54, 1.807) is 23.6 Å². The van der Waals surface area contributed by atoms with Crippen LogP contribution in [0.4, 0.5) is 4.39 Å². The third-order valence-corrected chi connectivity index (χ3v) is 3.28. The first kappa shape index (κ1) is 10.5. The summed E-state index contributed by atoms with van der Waals surface area (Å²) in [5, 5.41) is 1.80. The lowest BCUT2D eigenvalue weighted by Crippen LogP contribution is -2.01. The Bertz CT molecular complexity index is 493. The predicted octanol–water partition coefficient (Wildman–Crippen LogP) is 3.88. The van der Waals surface area contributed by atoms with Crippen LogP contribution >= 0.6 is 27.3 Å². The number of thiophene rings is 1. The van der Waals surface area contributed by atoms with Crippen LogP contribution < -0.4 is 0 Å². The van der Waals surface area contributed by atoms with Gasteiger partial charge in [-0.15, -0.1) is 11.3 Å². The van der Waals surface area contributed by atoms with Crippen molar-refractivity contribution in [3.63, 3.8) is 0 Å². The van der Waals surface area contributed by atoms with Crippen LogP contribution in [0.25, 0.3) is 0 Å². The Morgan fingerprint density at radius 3 is 2.73 bits per heavy atom. The average molecular weight is 285 g/mol. The molecule has 0 fully saturated rings. The van der Waals surface area contributed by atoms with Gasteiger partial charge >= 0.3 is 0 Å². The van der Waals surface area contributed by atoms with Crippen molar-refractivity contribution < 1.29 is 9.18 Å². The van der Waals surface area contributed by atoms with Gasteiger partial charge in [-0.05, 0) is 29.6 Å². The summed E-state index contributed by atoms with van der Waals surface area (Å²) in [6.45, 7) is 0. The van der Waals surface area contributed by atoms with Crippen LogP contribution in [0, 0.1) is 5.82 Å². The van der Waals surface area contributed by atoms with Crippen molar-refractivity contribution in [2.75, 3.05) is 0 Å². The SMILES string of the molecule is O=C(c1cccs1)c1ccc(Br)cc1F. The summed E-state index contributed by atoms with van der Waals surface area (Å²) in [5.41, 5.74) is 0.112. The summed E-state index contributed by atoms with van der Waals surface area (Å²) >= 11 is 4.46. The monoisotopic (exact) mass is 284 g/mol. The van der Waals surface area contributed by atoms with Gasteiger partial charge in [0.05, 0.1) is 10.4 Å². The standard InChI is InChI=1S/C11H6BrFOS/c12-7-3-4-8(9(13)6-7)11(14)10-2-1-5-15-10/h1-6H. The minimum Gasteiger partial charge on any atom is -0.288 e. The summed E-state index contributed by atoms with van der Waals surface area (Å²) in [7, 11) is 0. The first-order valence-electron chi connectivity index (χ1n) is 4.22. The lowest BCUT2D eigenvalue weighted by Gasteiger charge is -2.00. The Morgan fingerprint density at radius 1 is 1.33 bits per heavy atom. The topological polar surface area (TPSA) is 17.1 Å². The third-order valence-electron chi connectivity index (χ3n) is 1.92. The van der Waals surface area contributed by atoms with Gasteiger partial charge in [-0.3, -0.25) is 4.79 Å². The summed E-state index contributed by atoms with van der Waals surface area (Å²) in [5.74, 6) is -0.766. The van der Waals surface area contributed by atoms with Gasteiger partial charge in [0.1, 0.15) is 5.82 Å². The molecule has 1 aromatic carbocycles. The van der Waals surface area contributed by atoms with E-state index in [1.165, 1.54) is 23.5 Å². The van der Waals surface area contributed by atoms with Gasteiger partial charge in [0.15, 0.2) is 0 Å². The molecule has 0 amide bonds. The van der Waals surface area contributed by atoms with Gasteiger partial charge in [-0.2, -0.15) is 0 Å². The second-order valence-corrected chi connectivity index (χ2v) is 4.79. The lowest BCUT2D eigenvalue weighted by molar-refractivity contribution is 0.103. The van der Waals surface area contributed by atoms with Gasteiger partial charge in [0.25, 0.3) is 0 Å². The number of hydrogen-bond acceptors (Lipinski definition) is 2. The van der Waals surface area contributed by atoms with E-state index >= 15 is 0 Å². The van der Waals surface area contributed by atoms with E-state index in [2.05, 4.69) is 15.9 Å². The molecule has 1 aromatic heterocycles. The van der Waals surface area contributed by atoms with Crippen LogP contribution in [0.1, 0.15) is 15.2 Å². The fraction of sp³-hybridized carbons (Fsp3) is 0. The minimum absolute atomic E-state index is 0.112. The Balaban J connectivity index is 2.42. The molecule has 0 bridgehead atoms. The van der Waals surface area contributed by atoms with Crippen LogP contribution in [0.15, 0.2) is 40.2 Å². The molecule has 15 heavy (non-hydrogen) atoms. The van der Waals surface area contributed by atoms with Gasteiger partial charge in [0, 0.05) is 4.47 Å². The number of ketones is 1. The molecule has 0 saturated carbocycles. The summed E-state index contributed by atoms with van der Waals surface area (Å²) in [6.07, 6.45) is 0. The second-order valence-electron chi connectivity index (χ2n) is 2.93. The van der Waals surface area contributed by atoms with Crippen LogP contribution in [0.2, 0.25) is 0 Å². The van der Waals surface area contributed by atoms with Gasteiger partial charge < -0.3 is 0 Å². The number of halogens is 2. The zero-order chi connectivity index (χ0) is 10.8. The van der Waals surface area contributed by atoms with Crippen LogP contribution in [0.5, 0.6) is 0 Å². The molecular weight excluding hydrogens is 279 g/mol. The van der Waals surface area contributed by atoms with E-state index in [0.29, 0.717) is 9.35 Å². The number of carbonyl (C=O) groups is 1. The van der Waals surface area contributed by atoms with Crippen molar-refractivity contribution in [1.29, 1.82) is 0 Å². The molecule has 0 atom stereocenters. The molecule has 1 heterocycles. The molecule has 0 spiro atoms. The highest BCUT2D eigenvalue weighted by atomic mass is 79.9. The van der Waals surface area contributed by atoms with Crippen LogP contribution in [-0.4, -0.2) is 5.78 Å². The molecule has 0 unspecified atom stereocenters. The summed E-state index contributed by atoms with van der Waals surface area (Å²) in [4.78, 5) is 12.3. The molecule has 2 rings (SSSR count). The second kappa shape index (κ2) is 4.24. The maximum Gasteiger partial charge on any atom is 0.205 e. The smallest absolute Gasteiger partial charge is 0.205 e. The van der Waals surface area contributed by atoms with Gasteiger partial charge in [-0.1, -0.05) is 22.0 Å². The van der Waals surface area contributed by atoms with Crippen LogP contribution in [-0.2, 0) is 0 Å². The molecule has 0 saturated heterocycles. The number of carbonyl (C=O) groups excluding carboxylic acids is 1. The van der Waals surface area contributed by atoms with Crippen LogP contribution in [0.3, 0.4) is 0 Å². The first-order valence-corrected chi connectivity index (χ1v) is 5.89. The molecule has 2 aromatic rings. The zero-order valence-electron chi connectivity index (χ0n) is 7.54. The van der Waals surface area contributed by atoms with E-state index in [0.717, 1.165) is 0 Å². The highest BCUT2D eigenvalue weighted by molar-refractivity contribution is 9.10. The van der Waals surface area contributed by atoms with Crippen molar-refractivity contribution >= 4 is 33.0 Å². The van der Waals surface area contributed by atoms with E-state index in [4.69, 9.17) is 0 Å². The Hall–Kier alpha value is -1.00. The Morgan fingerprint density at radius 2 is 2.13 bits per heavy atom. The molecular formula is C11H6BrFOS. The normalized spacial score (nSPS) is 10.3. The number of benzene rings is 1. The maximum absolute atomic E-state index is 13.4. The highest BCUT2D eigenvalue weighted by Gasteiger charge is 2.14. The molecule has 0 aliphatic rings. The number of hydrogen-bond donors (Lipinski definition) is 0. The molecule has 0 aliphatic carbocycles. The minimum atomic E-state index is -0.497. The third kappa shape index (κ3) is 2.16. The Labute approximate surface area is 98.7 Å². The molecule has 0 radical (unpaired) electrons. The molecule has 4 heteroatoms. The Kier molecular flexibility index (Phi) is 2.98. The lowest BCUT2D eigenvalue weighted by atomic mass is 10.1. The quantitative estimate of drug-likeness (QED) is 0.765.